The molecule has 1 fully saturated rings. The van der Waals surface area contributed by atoms with Crippen molar-refractivity contribution in [2.75, 3.05) is 10.2 Å². The number of carbonyl (C=O) groups is 3. The lowest BCUT2D eigenvalue weighted by atomic mass is 9.63. The van der Waals surface area contributed by atoms with E-state index >= 15 is 0 Å². The van der Waals surface area contributed by atoms with Gasteiger partial charge in [0.05, 0.1) is 12.0 Å². The Kier molecular flexibility index (Phi) is 5.45. The number of nitrogens with zero attached hydrogens (tertiary/aromatic N) is 1. The van der Waals surface area contributed by atoms with Gasteiger partial charge in [0.2, 0.25) is 5.91 Å². The maximum Gasteiger partial charge on any atom is 0.238 e. The summed E-state index contributed by atoms with van der Waals surface area (Å²) < 4.78 is 0. The number of Topliss-reactive ketones (excluding diaryl/α,β-unsaturated/α-hetero) is 2. The van der Waals surface area contributed by atoms with Crippen LogP contribution in [0.2, 0.25) is 5.02 Å². The van der Waals surface area contributed by atoms with Gasteiger partial charge in [0, 0.05) is 27.4 Å². The zero-order valence-corrected chi connectivity index (χ0v) is 22.5. The predicted octanol–water partition coefficient (Wildman–Crippen LogP) is 6.24. The molecule has 38 heavy (non-hydrogen) atoms. The van der Waals surface area contributed by atoms with E-state index in [0.717, 1.165) is 22.4 Å². The number of halogens is 1. The van der Waals surface area contributed by atoms with Crippen LogP contribution < -0.4 is 10.2 Å². The van der Waals surface area contributed by atoms with Crippen LogP contribution in [0.25, 0.3) is 6.08 Å². The van der Waals surface area contributed by atoms with E-state index in [1.165, 1.54) is 0 Å². The number of nitrogens with one attached hydrogen (secondary N) is 1. The maximum absolute atomic E-state index is 14.6. The summed E-state index contributed by atoms with van der Waals surface area (Å²) in [5, 5.41) is 3.64. The van der Waals surface area contributed by atoms with E-state index in [2.05, 4.69) is 5.32 Å². The number of aryl methyl sites for hydroxylation is 1. The van der Waals surface area contributed by atoms with Gasteiger partial charge in [0.25, 0.3) is 0 Å². The minimum Gasteiger partial charge on any atom is -0.352 e. The third-order valence-electron chi connectivity index (χ3n) is 8.22. The number of anilines is 2. The molecule has 0 aromatic heterocycles. The number of carbonyl (C=O) groups excluding carboxylic acids is 3. The maximum atomic E-state index is 14.6. The quantitative estimate of drug-likeness (QED) is 0.412. The monoisotopic (exact) mass is 524 g/mol. The lowest BCUT2D eigenvalue weighted by Gasteiger charge is -2.38. The first-order chi connectivity index (χ1) is 18.0. The Morgan fingerprint density at radius 3 is 2.42 bits per heavy atom. The second kappa shape index (κ2) is 8.40. The third-order valence-corrected chi connectivity index (χ3v) is 8.46. The highest BCUT2D eigenvalue weighted by Crippen LogP contribution is 2.58. The van der Waals surface area contributed by atoms with Crippen molar-refractivity contribution in [3.8, 4) is 0 Å². The number of hydrogen-bond acceptors (Lipinski definition) is 4. The molecule has 3 aliphatic heterocycles. The molecule has 0 aliphatic carbocycles. The van der Waals surface area contributed by atoms with Gasteiger partial charge in [-0.15, -0.1) is 0 Å². The van der Waals surface area contributed by atoms with Gasteiger partial charge in [0.1, 0.15) is 11.5 Å². The van der Waals surface area contributed by atoms with Crippen molar-refractivity contribution in [2.45, 2.75) is 45.2 Å². The Bertz CT molecular complexity index is 1530. The van der Waals surface area contributed by atoms with Gasteiger partial charge in [-0.1, -0.05) is 92.6 Å². The molecule has 192 valence electrons. The fourth-order valence-corrected chi connectivity index (χ4v) is 6.67. The zero-order chi connectivity index (χ0) is 27.0. The van der Waals surface area contributed by atoms with E-state index in [1.807, 2.05) is 93.3 Å². The van der Waals surface area contributed by atoms with Crippen molar-refractivity contribution in [3.05, 3.63) is 100 Å². The molecule has 1 N–H and O–H groups in total. The smallest absolute Gasteiger partial charge is 0.238 e. The number of para-hydroxylation sites is 1. The van der Waals surface area contributed by atoms with Crippen LogP contribution in [0.4, 0.5) is 11.4 Å². The van der Waals surface area contributed by atoms with E-state index in [1.54, 1.807) is 18.2 Å². The molecule has 0 radical (unpaired) electrons. The Morgan fingerprint density at radius 2 is 1.71 bits per heavy atom. The van der Waals surface area contributed by atoms with Gasteiger partial charge < -0.3 is 10.2 Å². The number of fused-ring (bicyclic) bond motifs is 6. The van der Waals surface area contributed by atoms with Crippen LogP contribution in [0.1, 0.15) is 47.8 Å². The molecular formula is C32H29ClN2O3. The lowest BCUT2D eigenvalue weighted by Crippen LogP contribution is -2.51. The summed E-state index contributed by atoms with van der Waals surface area (Å²) >= 11 is 6.34. The molecule has 1 spiro atoms. The lowest BCUT2D eigenvalue weighted by molar-refractivity contribution is -0.128. The van der Waals surface area contributed by atoms with Gasteiger partial charge >= 0.3 is 0 Å². The second-order valence-corrected chi connectivity index (χ2v) is 12.0. The summed E-state index contributed by atoms with van der Waals surface area (Å²) in [6.07, 6.45) is 3.92. The van der Waals surface area contributed by atoms with Gasteiger partial charge in [-0.25, -0.2) is 0 Å². The summed E-state index contributed by atoms with van der Waals surface area (Å²) in [5.41, 5.74) is 2.54. The molecule has 0 saturated carbocycles. The average molecular weight is 525 g/mol. The fourth-order valence-electron chi connectivity index (χ4n) is 6.49. The number of hydrogen-bond donors (Lipinski definition) is 1. The van der Waals surface area contributed by atoms with Gasteiger partial charge in [0.15, 0.2) is 11.6 Å². The molecular weight excluding hydrogens is 496 g/mol. The van der Waals surface area contributed by atoms with Crippen LogP contribution in [0.3, 0.4) is 0 Å². The van der Waals surface area contributed by atoms with E-state index in [0.29, 0.717) is 16.3 Å². The van der Waals surface area contributed by atoms with Crippen LogP contribution in [0, 0.1) is 18.3 Å². The highest BCUT2D eigenvalue weighted by Gasteiger charge is 2.70. The minimum atomic E-state index is -1.29. The molecule has 4 atom stereocenters. The molecule has 3 aromatic carbocycles. The molecule has 4 unspecified atom stereocenters. The molecule has 6 rings (SSSR count). The first-order valence-corrected chi connectivity index (χ1v) is 13.2. The number of ketones is 2. The van der Waals surface area contributed by atoms with E-state index in [4.69, 9.17) is 11.6 Å². The topological polar surface area (TPSA) is 66.5 Å². The standard InChI is InChI=1S/C32H29ClN2O3/c1-18-9-11-19(12-10-18)28(36)26-27(29(37)31(2,3)4)35-24-15-14-21(33)17-20(24)13-16-25(35)32(26)22-7-5-6-8-23(22)34-30(32)38/h5-17,25-27H,1-4H3,(H,34,38). The Labute approximate surface area is 227 Å². The van der Waals surface area contributed by atoms with Crippen molar-refractivity contribution >= 4 is 46.5 Å². The summed E-state index contributed by atoms with van der Waals surface area (Å²) in [5.74, 6) is -1.50. The third kappa shape index (κ3) is 3.34. The normalized spacial score (nSPS) is 25.1. The van der Waals surface area contributed by atoms with E-state index < -0.39 is 28.8 Å². The molecule has 0 bridgehead atoms. The first-order valence-electron chi connectivity index (χ1n) is 12.9. The summed E-state index contributed by atoms with van der Waals surface area (Å²) in [7, 11) is 0. The highest BCUT2D eigenvalue weighted by molar-refractivity contribution is 6.31. The van der Waals surface area contributed by atoms with Crippen LogP contribution in [-0.2, 0) is 15.0 Å². The fraction of sp³-hybridized carbons (Fsp3) is 0.281. The van der Waals surface area contributed by atoms with Crippen LogP contribution >= 0.6 is 11.6 Å². The number of benzene rings is 3. The van der Waals surface area contributed by atoms with Gasteiger partial charge in [-0.05, 0) is 42.3 Å². The Hall–Kier alpha value is -3.70. The first kappa shape index (κ1) is 24.6. The Balaban J connectivity index is 1.68. The van der Waals surface area contributed by atoms with Crippen LogP contribution in [0.5, 0.6) is 0 Å². The second-order valence-electron chi connectivity index (χ2n) is 11.6. The minimum absolute atomic E-state index is 0.0850. The number of amides is 1. The largest absolute Gasteiger partial charge is 0.352 e. The average Bonchev–Trinajstić information content (AvgIpc) is 3.35. The SMILES string of the molecule is Cc1ccc(C(=O)C2C(C(=O)C(C)(C)C)N3c4ccc(Cl)cc4C=CC3C23C(=O)Nc2ccccc23)cc1. The summed E-state index contributed by atoms with van der Waals surface area (Å²) in [6, 6.07) is 19.0. The highest BCUT2D eigenvalue weighted by atomic mass is 35.5. The molecule has 1 saturated heterocycles. The van der Waals surface area contributed by atoms with Crippen LogP contribution in [-0.4, -0.2) is 29.6 Å². The van der Waals surface area contributed by atoms with Gasteiger partial charge in [-0.3, -0.25) is 14.4 Å². The molecule has 3 heterocycles. The molecule has 1 amide bonds. The van der Waals surface area contributed by atoms with Crippen molar-refractivity contribution < 1.29 is 14.4 Å². The Morgan fingerprint density at radius 1 is 1.00 bits per heavy atom. The van der Waals surface area contributed by atoms with E-state index in [9.17, 15) is 14.4 Å². The van der Waals surface area contributed by atoms with Crippen molar-refractivity contribution in [3.63, 3.8) is 0 Å². The molecule has 3 aromatic rings. The number of rotatable bonds is 3. The summed E-state index contributed by atoms with van der Waals surface area (Å²) in [4.78, 5) is 45.3. The van der Waals surface area contributed by atoms with Crippen LogP contribution in [0.15, 0.2) is 72.8 Å². The molecule has 6 heteroatoms. The summed E-state index contributed by atoms with van der Waals surface area (Å²) in [6.45, 7) is 7.57. The van der Waals surface area contributed by atoms with Crippen molar-refractivity contribution in [1.29, 1.82) is 0 Å². The molecule has 5 nitrogen and oxygen atoms in total. The van der Waals surface area contributed by atoms with Gasteiger partial charge in [-0.2, -0.15) is 0 Å². The van der Waals surface area contributed by atoms with Crippen molar-refractivity contribution in [1.82, 2.24) is 0 Å². The predicted molar refractivity (Wildman–Crippen MR) is 151 cm³/mol. The van der Waals surface area contributed by atoms with E-state index in [-0.39, 0.29) is 17.5 Å². The molecule has 3 aliphatic rings. The van der Waals surface area contributed by atoms with Crippen molar-refractivity contribution in [2.24, 2.45) is 11.3 Å². The zero-order valence-electron chi connectivity index (χ0n) is 21.8.